The number of nitrogens with one attached hydrogen (secondary N) is 1. The summed E-state index contributed by atoms with van der Waals surface area (Å²) < 4.78 is 4.62. The molecule has 0 aliphatic heterocycles. The van der Waals surface area contributed by atoms with Gasteiger partial charge in [0, 0.05) is 12.5 Å². The lowest BCUT2D eigenvalue weighted by molar-refractivity contribution is -0.145. The predicted molar refractivity (Wildman–Crippen MR) is 68.9 cm³/mol. The maximum absolute atomic E-state index is 12.0. The SMILES string of the molecule is CCC(NC(=O)C(C)C(C)CCCO)C(=O)OC. The second kappa shape index (κ2) is 8.91. The summed E-state index contributed by atoms with van der Waals surface area (Å²) in [5, 5.41) is 11.5. The van der Waals surface area contributed by atoms with Crippen LogP contribution >= 0.6 is 0 Å². The molecular formula is C13H25NO4. The lowest BCUT2D eigenvalue weighted by Gasteiger charge is -2.22. The van der Waals surface area contributed by atoms with Crippen LogP contribution < -0.4 is 5.32 Å². The van der Waals surface area contributed by atoms with Crippen molar-refractivity contribution in [1.82, 2.24) is 5.32 Å². The predicted octanol–water partition coefficient (Wildman–Crippen LogP) is 1.10. The maximum atomic E-state index is 12.0. The van der Waals surface area contributed by atoms with E-state index in [-0.39, 0.29) is 24.3 Å². The zero-order valence-electron chi connectivity index (χ0n) is 11.7. The number of aliphatic hydroxyl groups excluding tert-OH is 1. The molecule has 3 atom stereocenters. The van der Waals surface area contributed by atoms with Gasteiger partial charge in [0.2, 0.25) is 5.91 Å². The highest BCUT2D eigenvalue weighted by atomic mass is 16.5. The molecule has 0 radical (unpaired) electrons. The van der Waals surface area contributed by atoms with Crippen LogP contribution in [0.4, 0.5) is 0 Å². The lowest BCUT2D eigenvalue weighted by Crippen LogP contribution is -2.44. The van der Waals surface area contributed by atoms with Crippen molar-refractivity contribution in [3.63, 3.8) is 0 Å². The Morgan fingerprint density at radius 1 is 1.33 bits per heavy atom. The van der Waals surface area contributed by atoms with E-state index in [9.17, 15) is 9.59 Å². The summed E-state index contributed by atoms with van der Waals surface area (Å²) in [6.45, 7) is 5.76. The third kappa shape index (κ3) is 5.49. The Morgan fingerprint density at radius 2 is 1.94 bits per heavy atom. The topological polar surface area (TPSA) is 75.6 Å². The number of amides is 1. The minimum absolute atomic E-state index is 0.137. The number of rotatable bonds is 8. The molecule has 0 aliphatic carbocycles. The lowest BCUT2D eigenvalue weighted by atomic mass is 9.90. The van der Waals surface area contributed by atoms with Gasteiger partial charge in [-0.1, -0.05) is 20.8 Å². The van der Waals surface area contributed by atoms with E-state index in [1.165, 1.54) is 7.11 Å². The molecule has 5 nitrogen and oxygen atoms in total. The van der Waals surface area contributed by atoms with Crippen molar-refractivity contribution in [3.8, 4) is 0 Å². The first-order chi connectivity index (χ1) is 8.47. The molecule has 18 heavy (non-hydrogen) atoms. The molecule has 0 aromatic rings. The second-order valence-corrected chi connectivity index (χ2v) is 4.62. The summed E-state index contributed by atoms with van der Waals surface area (Å²) in [5.74, 6) is -0.568. The van der Waals surface area contributed by atoms with Crippen LogP contribution in [0.25, 0.3) is 0 Å². The van der Waals surface area contributed by atoms with Crippen molar-refractivity contribution in [2.24, 2.45) is 11.8 Å². The van der Waals surface area contributed by atoms with Crippen LogP contribution in [0.1, 0.15) is 40.0 Å². The van der Waals surface area contributed by atoms with Crippen LogP contribution in [0.15, 0.2) is 0 Å². The average molecular weight is 259 g/mol. The summed E-state index contributed by atoms with van der Waals surface area (Å²) in [4.78, 5) is 23.3. The third-order valence-electron chi connectivity index (χ3n) is 3.30. The van der Waals surface area contributed by atoms with Crippen LogP contribution in [0.2, 0.25) is 0 Å². The number of esters is 1. The van der Waals surface area contributed by atoms with Gasteiger partial charge in [-0.25, -0.2) is 4.79 Å². The third-order valence-corrected chi connectivity index (χ3v) is 3.30. The van der Waals surface area contributed by atoms with Gasteiger partial charge in [-0.05, 0) is 25.2 Å². The van der Waals surface area contributed by atoms with Crippen molar-refractivity contribution >= 4 is 11.9 Å². The molecule has 3 unspecified atom stereocenters. The van der Waals surface area contributed by atoms with Crippen LogP contribution in [0, 0.1) is 11.8 Å². The molecular weight excluding hydrogens is 234 g/mol. The maximum Gasteiger partial charge on any atom is 0.328 e. The number of hydrogen-bond acceptors (Lipinski definition) is 4. The summed E-state index contributed by atoms with van der Waals surface area (Å²) in [6.07, 6.45) is 1.99. The number of aliphatic hydroxyl groups is 1. The molecule has 0 rings (SSSR count). The number of carbonyl (C=O) groups excluding carboxylic acids is 2. The Labute approximate surface area is 109 Å². The largest absolute Gasteiger partial charge is 0.467 e. The molecule has 0 aromatic heterocycles. The van der Waals surface area contributed by atoms with Gasteiger partial charge in [0.25, 0.3) is 0 Å². The average Bonchev–Trinajstić information content (AvgIpc) is 2.39. The van der Waals surface area contributed by atoms with Crippen molar-refractivity contribution in [2.45, 2.75) is 46.1 Å². The van der Waals surface area contributed by atoms with Crippen LogP contribution in [-0.2, 0) is 14.3 Å². The zero-order chi connectivity index (χ0) is 14.1. The zero-order valence-corrected chi connectivity index (χ0v) is 11.7. The van der Waals surface area contributed by atoms with E-state index in [1.54, 1.807) is 0 Å². The fourth-order valence-corrected chi connectivity index (χ4v) is 1.69. The van der Waals surface area contributed by atoms with E-state index >= 15 is 0 Å². The fraction of sp³-hybridized carbons (Fsp3) is 0.846. The molecule has 2 N–H and O–H groups in total. The van der Waals surface area contributed by atoms with Crippen molar-refractivity contribution < 1.29 is 19.4 Å². The molecule has 0 saturated carbocycles. The van der Waals surface area contributed by atoms with Crippen LogP contribution in [0.3, 0.4) is 0 Å². The number of ether oxygens (including phenoxy) is 1. The highest BCUT2D eigenvalue weighted by Crippen LogP contribution is 2.17. The van der Waals surface area contributed by atoms with Gasteiger partial charge in [0.15, 0.2) is 0 Å². The van der Waals surface area contributed by atoms with E-state index in [2.05, 4.69) is 10.1 Å². The molecule has 0 bridgehead atoms. The Hall–Kier alpha value is -1.10. The second-order valence-electron chi connectivity index (χ2n) is 4.62. The number of hydrogen-bond donors (Lipinski definition) is 2. The molecule has 0 aromatic carbocycles. The van der Waals surface area contributed by atoms with Crippen molar-refractivity contribution in [2.75, 3.05) is 13.7 Å². The number of carbonyl (C=O) groups is 2. The monoisotopic (exact) mass is 259 g/mol. The van der Waals surface area contributed by atoms with Gasteiger partial charge in [-0.2, -0.15) is 0 Å². The Morgan fingerprint density at radius 3 is 2.39 bits per heavy atom. The molecule has 0 spiro atoms. The standard InChI is InChI=1S/C13H25NO4/c1-5-11(13(17)18-4)14-12(16)10(3)9(2)7-6-8-15/h9-11,15H,5-8H2,1-4H3,(H,14,16). The van der Waals surface area contributed by atoms with Crippen LogP contribution in [0.5, 0.6) is 0 Å². The molecule has 1 amide bonds. The summed E-state index contributed by atoms with van der Waals surface area (Å²) in [5.41, 5.74) is 0. The molecule has 106 valence electrons. The quantitative estimate of drug-likeness (QED) is 0.640. The van der Waals surface area contributed by atoms with E-state index < -0.39 is 12.0 Å². The van der Waals surface area contributed by atoms with Crippen molar-refractivity contribution in [1.29, 1.82) is 0 Å². The minimum atomic E-state index is -0.574. The molecule has 0 aliphatic rings. The van der Waals surface area contributed by atoms with Gasteiger partial charge in [-0.3, -0.25) is 4.79 Å². The van der Waals surface area contributed by atoms with E-state index in [4.69, 9.17) is 5.11 Å². The van der Waals surface area contributed by atoms with Gasteiger partial charge < -0.3 is 15.2 Å². The smallest absolute Gasteiger partial charge is 0.328 e. The van der Waals surface area contributed by atoms with Crippen LogP contribution in [-0.4, -0.2) is 36.7 Å². The summed E-state index contributed by atoms with van der Waals surface area (Å²) in [6, 6.07) is -0.574. The van der Waals surface area contributed by atoms with Gasteiger partial charge in [0.05, 0.1) is 7.11 Å². The minimum Gasteiger partial charge on any atom is -0.467 e. The highest BCUT2D eigenvalue weighted by molar-refractivity contribution is 5.85. The summed E-state index contributed by atoms with van der Waals surface area (Å²) in [7, 11) is 1.31. The molecule has 0 heterocycles. The Bertz CT molecular complexity index is 268. The first-order valence-corrected chi connectivity index (χ1v) is 6.46. The van der Waals surface area contributed by atoms with Gasteiger partial charge in [-0.15, -0.1) is 0 Å². The first-order valence-electron chi connectivity index (χ1n) is 6.46. The van der Waals surface area contributed by atoms with Gasteiger partial charge in [0.1, 0.15) is 6.04 Å². The number of methoxy groups -OCH3 is 1. The first kappa shape index (κ1) is 16.9. The van der Waals surface area contributed by atoms with E-state index in [0.717, 1.165) is 6.42 Å². The normalized spacial score (nSPS) is 15.6. The molecule has 5 heteroatoms. The van der Waals surface area contributed by atoms with Gasteiger partial charge >= 0.3 is 5.97 Å². The summed E-state index contributed by atoms with van der Waals surface area (Å²) >= 11 is 0. The molecule has 0 saturated heterocycles. The molecule has 0 fully saturated rings. The Balaban J connectivity index is 4.32. The van der Waals surface area contributed by atoms with E-state index in [0.29, 0.717) is 12.8 Å². The van der Waals surface area contributed by atoms with E-state index in [1.807, 2.05) is 20.8 Å². The Kier molecular flexibility index (Phi) is 8.37. The fourth-order valence-electron chi connectivity index (χ4n) is 1.69. The highest BCUT2D eigenvalue weighted by Gasteiger charge is 2.25. The van der Waals surface area contributed by atoms with Crippen molar-refractivity contribution in [3.05, 3.63) is 0 Å².